The van der Waals surface area contributed by atoms with Gasteiger partial charge in [-0.25, -0.2) is 8.42 Å². The van der Waals surface area contributed by atoms with E-state index in [-0.39, 0.29) is 18.2 Å². The number of unbranched alkanes of at least 4 members (excludes halogenated alkanes) is 1. The summed E-state index contributed by atoms with van der Waals surface area (Å²) in [6, 6.07) is -0.221. The summed E-state index contributed by atoms with van der Waals surface area (Å²) in [5.74, 6) is 0.00622. The Bertz CT molecular complexity index is 288. The Morgan fingerprint density at radius 1 is 1.25 bits per heavy atom. The summed E-state index contributed by atoms with van der Waals surface area (Å²) in [5.41, 5.74) is 0. The molecule has 98 valence electrons. The van der Waals surface area contributed by atoms with Gasteiger partial charge in [0, 0.05) is 18.7 Å². The van der Waals surface area contributed by atoms with Crippen LogP contribution in [0.25, 0.3) is 0 Å². The lowest BCUT2D eigenvalue weighted by atomic mass is 10.2. The minimum atomic E-state index is -4.10. The Kier molecular flexibility index (Phi) is 6.32. The molecule has 0 fully saturated rings. The van der Waals surface area contributed by atoms with Gasteiger partial charge in [-0.1, -0.05) is 0 Å². The normalized spacial score (nSPS) is 15.1. The lowest BCUT2D eigenvalue weighted by Crippen LogP contribution is -2.33. The monoisotopic (exact) mass is 261 g/mol. The minimum Gasteiger partial charge on any atom is -0.313 e. The number of halogens is 3. The van der Waals surface area contributed by atoms with Gasteiger partial charge >= 0.3 is 6.18 Å². The molecule has 1 unspecified atom stereocenters. The minimum absolute atomic E-state index is 0.00622. The van der Waals surface area contributed by atoms with Gasteiger partial charge in [0.2, 0.25) is 0 Å². The molecule has 0 heterocycles. The Labute approximate surface area is 94.3 Å². The van der Waals surface area contributed by atoms with Crippen LogP contribution in [0, 0.1) is 0 Å². The van der Waals surface area contributed by atoms with Gasteiger partial charge in [0.25, 0.3) is 0 Å². The SMILES string of the molecule is CC(CS(C)(=O)=O)NCCCCC(F)(F)F. The first-order valence-corrected chi connectivity index (χ1v) is 7.14. The van der Waals surface area contributed by atoms with Crippen LogP contribution < -0.4 is 5.32 Å². The summed E-state index contributed by atoms with van der Waals surface area (Å²) in [7, 11) is -3.03. The summed E-state index contributed by atoms with van der Waals surface area (Å²) >= 11 is 0. The van der Waals surface area contributed by atoms with E-state index in [1.54, 1.807) is 6.92 Å². The second-order valence-electron chi connectivity index (χ2n) is 4.02. The summed E-state index contributed by atoms with van der Waals surface area (Å²) in [5, 5.41) is 2.88. The van der Waals surface area contributed by atoms with Crippen LogP contribution >= 0.6 is 0 Å². The van der Waals surface area contributed by atoms with E-state index in [0.29, 0.717) is 13.0 Å². The molecule has 0 bridgehead atoms. The van der Waals surface area contributed by atoms with Crippen LogP contribution in [0.15, 0.2) is 0 Å². The average Bonchev–Trinajstić information content (AvgIpc) is 1.97. The third-order valence-electron chi connectivity index (χ3n) is 1.93. The highest BCUT2D eigenvalue weighted by Gasteiger charge is 2.25. The van der Waals surface area contributed by atoms with Gasteiger partial charge in [-0.2, -0.15) is 13.2 Å². The van der Waals surface area contributed by atoms with Crippen molar-refractivity contribution in [3.05, 3.63) is 0 Å². The van der Waals surface area contributed by atoms with E-state index < -0.39 is 22.4 Å². The van der Waals surface area contributed by atoms with E-state index in [9.17, 15) is 21.6 Å². The first kappa shape index (κ1) is 15.7. The Balaban J connectivity index is 3.53. The maximum atomic E-state index is 11.8. The molecule has 3 nitrogen and oxygen atoms in total. The first-order chi connectivity index (χ1) is 7.10. The standard InChI is InChI=1S/C9H18F3NO2S/c1-8(7-16(2,14)15)13-6-4-3-5-9(10,11)12/h8,13H,3-7H2,1-2H3. The summed E-state index contributed by atoms with van der Waals surface area (Å²) < 4.78 is 57.0. The molecule has 0 aromatic heterocycles. The van der Waals surface area contributed by atoms with Crippen LogP contribution in [0.4, 0.5) is 13.2 Å². The summed E-state index contributed by atoms with van der Waals surface area (Å²) in [6.45, 7) is 2.11. The van der Waals surface area contributed by atoms with Crippen molar-refractivity contribution in [1.82, 2.24) is 5.32 Å². The quantitative estimate of drug-likeness (QED) is 0.710. The van der Waals surface area contributed by atoms with Crippen molar-refractivity contribution < 1.29 is 21.6 Å². The van der Waals surface area contributed by atoms with Gasteiger partial charge in [-0.3, -0.25) is 0 Å². The molecule has 0 radical (unpaired) electrons. The molecule has 1 atom stereocenters. The van der Waals surface area contributed by atoms with Gasteiger partial charge in [-0.05, 0) is 26.3 Å². The predicted octanol–water partition coefficient (Wildman–Crippen LogP) is 1.74. The van der Waals surface area contributed by atoms with E-state index in [0.717, 1.165) is 6.26 Å². The highest BCUT2D eigenvalue weighted by molar-refractivity contribution is 7.90. The third-order valence-corrected chi connectivity index (χ3v) is 3.04. The fraction of sp³-hybridized carbons (Fsp3) is 1.00. The topological polar surface area (TPSA) is 46.2 Å². The largest absolute Gasteiger partial charge is 0.389 e. The number of sulfone groups is 1. The zero-order chi connectivity index (χ0) is 12.8. The smallest absolute Gasteiger partial charge is 0.313 e. The van der Waals surface area contributed by atoms with Crippen molar-refractivity contribution in [2.45, 2.75) is 38.4 Å². The molecule has 0 aromatic carbocycles. The van der Waals surface area contributed by atoms with E-state index in [1.165, 1.54) is 0 Å². The highest BCUT2D eigenvalue weighted by Crippen LogP contribution is 2.21. The average molecular weight is 261 g/mol. The molecular weight excluding hydrogens is 243 g/mol. The molecule has 0 aromatic rings. The molecule has 0 amide bonds. The first-order valence-electron chi connectivity index (χ1n) is 5.08. The molecule has 0 rings (SSSR count). The fourth-order valence-electron chi connectivity index (χ4n) is 1.31. The molecule has 0 saturated carbocycles. The molecular formula is C9H18F3NO2S. The van der Waals surface area contributed by atoms with Crippen molar-refractivity contribution >= 4 is 9.84 Å². The fourth-order valence-corrected chi connectivity index (χ4v) is 2.34. The summed E-state index contributed by atoms with van der Waals surface area (Å²) in [4.78, 5) is 0. The van der Waals surface area contributed by atoms with Gasteiger partial charge in [0.15, 0.2) is 0 Å². The van der Waals surface area contributed by atoms with Gasteiger partial charge in [-0.15, -0.1) is 0 Å². The van der Waals surface area contributed by atoms with Crippen LogP contribution in [0.3, 0.4) is 0 Å². The Morgan fingerprint density at radius 3 is 2.25 bits per heavy atom. The zero-order valence-electron chi connectivity index (χ0n) is 9.47. The van der Waals surface area contributed by atoms with Crippen LogP contribution in [0.1, 0.15) is 26.2 Å². The summed E-state index contributed by atoms with van der Waals surface area (Å²) in [6.07, 6.45) is -3.28. The van der Waals surface area contributed by atoms with Gasteiger partial charge in [0.05, 0.1) is 5.75 Å². The lowest BCUT2D eigenvalue weighted by Gasteiger charge is -2.12. The molecule has 1 N–H and O–H groups in total. The number of hydrogen-bond donors (Lipinski definition) is 1. The maximum absolute atomic E-state index is 11.8. The molecule has 7 heteroatoms. The number of hydrogen-bond acceptors (Lipinski definition) is 3. The Morgan fingerprint density at radius 2 is 1.81 bits per heavy atom. The third kappa shape index (κ3) is 11.8. The highest BCUT2D eigenvalue weighted by atomic mass is 32.2. The van der Waals surface area contributed by atoms with E-state index in [1.807, 2.05) is 0 Å². The van der Waals surface area contributed by atoms with Crippen molar-refractivity contribution in [2.24, 2.45) is 0 Å². The van der Waals surface area contributed by atoms with E-state index in [2.05, 4.69) is 5.32 Å². The number of rotatable bonds is 7. The number of alkyl halides is 3. The molecule has 16 heavy (non-hydrogen) atoms. The Hall–Kier alpha value is -0.300. The maximum Gasteiger partial charge on any atom is 0.389 e. The van der Waals surface area contributed by atoms with Crippen molar-refractivity contribution in [1.29, 1.82) is 0 Å². The van der Waals surface area contributed by atoms with Crippen molar-refractivity contribution in [2.75, 3.05) is 18.6 Å². The molecule has 0 aliphatic rings. The van der Waals surface area contributed by atoms with E-state index in [4.69, 9.17) is 0 Å². The molecule has 0 aliphatic carbocycles. The second kappa shape index (κ2) is 6.44. The second-order valence-corrected chi connectivity index (χ2v) is 6.20. The predicted molar refractivity (Wildman–Crippen MR) is 57.1 cm³/mol. The van der Waals surface area contributed by atoms with Crippen LogP contribution in [0.5, 0.6) is 0 Å². The van der Waals surface area contributed by atoms with Crippen LogP contribution in [-0.2, 0) is 9.84 Å². The molecule has 0 spiro atoms. The number of nitrogens with one attached hydrogen (secondary N) is 1. The molecule has 0 saturated heterocycles. The van der Waals surface area contributed by atoms with Crippen LogP contribution in [0.2, 0.25) is 0 Å². The lowest BCUT2D eigenvalue weighted by molar-refractivity contribution is -0.135. The van der Waals surface area contributed by atoms with Crippen LogP contribution in [-0.4, -0.2) is 39.2 Å². The van der Waals surface area contributed by atoms with E-state index >= 15 is 0 Å². The van der Waals surface area contributed by atoms with Gasteiger partial charge in [0.1, 0.15) is 9.84 Å². The van der Waals surface area contributed by atoms with Crippen molar-refractivity contribution in [3.8, 4) is 0 Å². The van der Waals surface area contributed by atoms with Crippen molar-refractivity contribution in [3.63, 3.8) is 0 Å². The zero-order valence-corrected chi connectivity index (χ0v) is 10.3. The molecule has 0 aliphatic heterocycles. The van der Waals surface area contributed by atoms with Gasteiger partial charge < -0.3 is 5.32 Å².